The number of anilines is 1. The van der Waals surface area contributed by atoms with Gasteiger partial charge in [0.1, 0.15) is 10.8 Å². The van der Waals surface area contributed by atoms with Gasteiger partial charge in [-0.1, -0.05) is 0 Å². The predicted octanol–water partition coefficient (Wildman–Crippen LogP) is 4.39. The molecule has 0 radical (unpaired) electrons. The van der Waals surface area contributed by atoms with Crippen molar-refractivity contribution >= 4 is 34.2 Å². The normalized spacial score (nSPS) is 13.6. The lowest BCUT2D eigenvalue weighted by molar-refractivity contribution is -0.150. The summed E-state index contributed by atoms with van der Waals surface area (Å²) in [5.41, 5.74) is 1.90. The van der Waals surface area contributed by atoms with Gasteiger partial charge >= 0.3 is 11.9 Å². The molecule has 0 spiro atoms. The molecule has 1 atom stereocenters. The van der Waals surface area contributed by atoms with Crippen molar-refractivity contribution in [2.75, 3.05) is 18.5 Å². The van der Waals surface area contributed by atoms with E-state index in [9.17, 15) is 14.4 Å². The van der Waals surface area contributed by atoms with Gasteiger partial charge in [0.15, 0.2) is 6.10 Å². The lowest BCUT2D eigenvalue weighted by Gasteiger charge is -2.13. The van der Waals surface area contributed by atoms with Gasteiger partial charge in [-0.05, 0) is 76.3 Å². The predicted molar refractivity (Wildman–Crippen MR) is 118 cm³/mol. The van der Waals surface area contributed by atoms with Crippen molar-refractivity contribution in [3.05, 3.63) is 45.8 Å². The monoisotopic (exact) mass is 445 g/mol. The summed E-state index contributed by atoms with van der Waals surface area (Å²) in [4.78, 5) is 38.2. The van der Waals surface area contributed by atoms with E-state index in [2.05, 4.69) is 5.32 Å². The minimum atomic E-state index is -0.746. The van der Waals surface area contributed by atoms with Crippen molar-refractivity contribution < 1.29 is 28.6 Å². The van der Waals surface area contributed by atoms with Crippen LogP contribution in [0, 0.1) is 0 Å². The van der Waals surface area contributed by atoms with E-state index in [1.54, 1.807) is 45.0 Å². The Morgan fingerprint density at radius 1 is 1.03 bits per heavy atom. The van der Waals surface area contributed by atoms with Gasteiger partial charge in [-0.25, -0.2) is 9.59 Å². The Bertz CT molecular complexity index is 950. The highest BCUT2D eigenvalue weighted by Crippen LogP contribution is 2.38. The summed E-state index contributed by atoms with van der Waals surface area (Å²) < 4.78 is 15.7. The van der Waals surface area contributed by atoms with Crippen LogP contribution in [0.4, 0.5) is 5.00 Å². The first-order chi connectivity index (χ1) is 14.9. The van der Waals surface area contributed by atoms with Crippen LogP contribution in [0.15, 0.2) is 24.3 Å². The molecule has 0 fully saturated rings. The number of nitrogens with one attached hydrogen (secondary N) is 1. The number of hydrogen-bond donors (Lipinski definition) is 1. The number of aryl methyl sites for hydroxylation is 1. The average Bonchev–Trinajstić information content (AvgIpc) is 3.12. The van der Waals surface area contributed by atoms with Gasteiger partial charge in [-0.3, -0.25) is 4.79 Å². The molecule has 0 bridgehead atoms. The highest BCUT2D eigenvalue weighted by Gasteiger charge is 2.27. The van der Waals surface area contributed by atoms with Crippen LogP contribution in [0.1, 0.15) is 64.8 Å². The number of ether oxygens (including phenoxy) is 3. The molecule has 2 aromatic rings. The molecular formula is C23H27NO6S. The van der Waals surface area contributed by atoms with Crippen molar-refractivity contribution in [1.29, 1.82) is 0 Å². The zero-order chi connectivity index (χ0) is 22.4. The van der Waals surface area contributed by atoms with Gasteiger partial charge in [0.05, 0.1) is 18.8 Å². The molecule has 1 aliphatic rings. The van der Waals surface area contributed by atoms with Crippen LogP contribution in [-0.4, -0.2) is 37.2 Å². The van der Waals surface area contributed by atoms with E-state index in [-0.39, 0.29) is 19.1 Å². The smallest absolute Gasteiger partial charge is 0.347 e. The van der Waals surface area contributed by atoms with Gasteiger partial charge in [-0.2, -0.15) is 0 Å². The fourth-order valence-electron chi connectivity index (χ4n) is 3.45. The second-order valence-electron chi connectivity index (χ2n) is 7.13. The first kappa shape index (κ1) is 22.8. The second kappa shape index (κ2) is 10.4. The summed E-state index contributed by atoms with van der Waals surface area (Å²) in [6.07, 6.45) is 3.08. The van der Waals surface area contributed by atoms with Gasteiger partial charge in [0, 0.05) is 10.4 Å². The van der Waals surface area contributed by atoms with E-state index in [0.717, 1.165) is 36.1 Å². The minimum absolute atomic E-state index is 0.280. The first-order valence-corrected chi connectivity index (χ1v) is 11.3. The number of hydrogen-bond acceptors (Lipinski definition) is 7. The maximum absolute atomic E-state index is 12.8. The maximum Gasteiger partial charge on any atom is 0.347 e. The third-order valence-corrected chi connectivity index (χ3v) is 6.13. The molecule has 1 unspecified atom stereocenters. The molecule has 1 amide bonds. The van der Waals surface area contributed by atoms with E-state index in [1.165, 1.54) is 11.3 Å². The van der Waals surface area contributed by atoms with Crippen LogP contribution >= 0.6 is 11.3 Å². The molecular weight excluding hydrogens is 418 g/mol. The average molecular weight is 446 g/mol. The Morgan fingerprint density at radius 3 is 2.39 bits per heavy atom. The van der Waals surface area contributed by atoms with Crippen LogP contribution in [-0.2, 0) is 27.1 Å². The standard InChI is InChI=1S/C23H27NO6S/c1-4-28-22(26)14(3)30-16-12-10-15(11-13-16)20(25)24-21-19(23(27)29-5-2)17-8-6-7-9-18(17)31-21/h10-14H,4-9H2,1-3H3,(H,24,25). The summed E-state index contributed by atoms with van der Waals surface area (Å²) in [5.74, 6) is -0.712. The summed E-state index contributed by atoms with van der Waals surface area (Å²) in [5, 5.41) is 3.42. The molecule has 1 aliphatic carbocycles. The third-order valence-electron chi connectivity index (χ3n) is 4.93. The van der Waals surface area contributed by atoms with E-state index in [4.69, 9.17) is 14.2 Å². The van der Waals surface area contributed by atoms with Crippen molar-refractivity contribution in [2.45, 2.75) is 52.6 Å². The van der Waals surface area contributed by atoms with Crippen molar-refractivity contribution in [3.63, 3.8) is 0 Å². The van der Waals surface area contributed by atoms with Crippen LogP contribution in [0.5, 0.6) is 5.75 Å². The number of rotatable bonds is 8. The molecule has 0 saturated carbocycles. The highest BCUT2D eigenvalue weighted by molar-refractivity contribution is 7.17. The summed E-state index contributed by atoms with van der Waals surface area (Å²) in [7, 11) is 0. The van der Waals surface area contributed by atoms with E-state index in [1.807, 2.05) is 0 Å². The Balaban J connectivity index is 1.74. The second-order valence-corrected chi connectivity index (χ2v) is 8.23. The Kier molecular flexibility index (Phi) is 7.68. The Hall–Kier alpha value is -2.87. The molecule has 1 N–H and O–H groups in total. The SMILES string of the molecule is CCOC(=O)c1c(NC(=O)c2ccc(OC(C)C(=O)OCC)cc2)sc2c1CCCC2. The number of fused-ring (bicyclic) bond motifs is 1. The van der Waals surface area contributed by atoms with E-state index in [0.29, 0.717) is 21.9 Å². The quantitative estimate of drug-likeness (QED) is 0.606. The fourth-order valence-corrected chi connectivity index (χ4v) is 4.72. The van der Waals surface area contributed by atoms with Crippen molar-refractivity contribution in [3.8, 4) is 5.75 Å². The van der Waals surface area contributed by atoms with Crippen LogP contribution in [0.25, 0.3) is 0 Å². The minimum Gasteiger partial charge on any atom is -0.479 e. The van der Waals surface area contributed by atoms with Crippen LogP contribution in [0.3, 0.4) is 0 Å². The lowest BCUT2D eigenvalue weighted by atomic mass is 9.95. The number of carbonyl (C=O) groups excluding carboxylic acids is 3. The zero-order valence-corrected chi connectivity index (χ0v) is 18.8. The molecule has 31 heavy (non-hydrogen) atoms. The molecule has 8 heteroatoms. The van der Waals surface area contributed by atoms with Crippen LogP contribution < -0.4 is 10.1 Å². The first-order valence-electron chi connectivity index (χ1n) is 10.5. The van der Waals surface area contributed by atoms with E-state index >= 15 is 0 Å². The maximum atomic E-state index is 12.8. The van der Waals surface area contributed by atoms with Crippen molar-refractivity contribution in [1.82, 2.24) is 0 Å². The van der Waals surface area contributed by atoms with Crippen molar-refractivity contribution in [2.24, 2.45) is 0 Å². The molecule has 0 saturated heterocycles. The molecule has 3 rings (SSSR count). The molecule has 166 valence electrons. The summed E-state index contributed by atoms with van der Waals surface area (Å²) in [6, 6.07) is 6.47. The molecule has 1 heterocycles. The Labute approximate surface area is 185 Å². The molecule has 1 aromatic carbocycles. The van der Waals surface area contributed by atoms with Gasteiger partial charge < -0.3 is 19.5 Å². The van der Waals surface area contributed by atoms with Gasteiger partial charge in [0.2, 0.25) is 0 Å². The molecule has 7 nitrogen and oxygen atoms in total. The van der Waals surface area contributed by atoms with Gasteiger partial charge in [0.25, 0.3) is 5.91 Å². The number of carbonyl (C=O) groups is 3. The number of esters is 2. The third kappa shape index (κ3) is 5.44. The van der Waals surface area contributed by atoms with E-state index < -0.39 is 18.0 Å². The molecule has 0 aliphatic heterocycles. The number of amides is 1. The summed E-state index contributed by atoms with van der Waals surface area (Å²) >= 11 is 1.45. The zero-order valence-electron chi connectivity index (χ0n) is 18.0. The molecule has 1 aromatic heterocycles. The fraction of sp³-hybridized carbons (Fsp3) is 0.435. The summed E-state index contributed by atoms with van der Waals surface area (Å²) in [6.45, 7) is 5.67. The highest BCUT2D eigenvalue weighted by atomic mass is 32.1. The number of benzene rings is 1. The largest absolute Gasteiger partial charge is 0.479 e. The Morgan fingerprint density at radius 2 is 1.71 bits per heavy atom. The van der Waals surface area contributed by atoms with Crippen LogP contribution in [0.2, 0.25) is 0 Å². The number of thiophene rings is 1. The van der Waals surface area contributed by atoms with Gasteiger partial charge in [-0.15, -0.1) is 11.3 Å². The topological polar surface area (TPSA) is 90.9 Å². The lowest BCUT2D eigenvalue weighted by Crippen LogP contribution is -2.26.